The van der Waals surface area contributed by atoms with Crippen molar-refractivity contribution in [2.75, 3.05) is 12.4 Å². The summed E-state index contributed by atoms with van der Waals surface area (Å²) in [7, 11) is 0. The van der Waals surface area contributed by atoms with Gasteiger partial charge in [-0.1, -0.05) is 23.9 Å². The average molecular weight is 359 g/mol. The van der Waals surface area contributed by atoms with E-state index in [1.54, 1.807) is 12.1 Å². The first kappa shape index (κ1) is 17.3. The molecule has 3 aromatic rings. The molecule has 0 aliphatic carbocycles. The molecule has 0 aliphatic rings. The molecule has 3 rings (SSSR count). The van der Waals surface area contributed by atoms with Crippen LogP contribution in [-0.2, 0) is 11.3 Å². The Balaban J connectivity index is 1.52. The number of fused-ring (bicyclic) bond motifs is 1. The number of amides is 1. The van der Waals surface area contributed by atoms with E-state index in [0.717, 1.165) is 22.3 Å². The molecule has 2 aromatic carbocycles. The lowest BCUT2D eigenvalue weighted by Crippen LogP contribution is -2.24. The quantitative estimate of drug-likeness (QED) is 0.634. The highest BCUT2D eigenvalue weighted by Gasteiger charge is 2.08. The van der Waals surface area contributed by atoms with Crippen LogP contribution < -0.4 is 10.1 Å². The van der Waals surface area contributed by atoms with Crippen molar-refractivity contribution in [2.24, 2.45) is 0 Å². The predicted octanol–water partition coefficient (Wildman–Crippen LogP) is 3.51. The Bertz CT molecular complexity index is 864. The van der Waals surface area contributed by atoms with Crippen LogP contribution in [0.3, 0.4) is 0 Å². The fraction of sp³-hybridized carbons (Fsp3) is 0.222. The van der Waals surface area contributed by atoms with Gasteiger partial charge in [-0.25, -0.2) is 9.37 Å². The number of H-pyrrole nitrogens is 1. The minimum atomic E-state index is -0.289. The van der Waals surface area contributed by atoms with Gasteiger partial charge in [0.25, 0.3) is 0 Å². The standard InChI is InChI=1S/C18H18FN3O2S/c1-2-24-14-7-8-15-16(9-14)22-18(21-15)25-11-17(23)20-10-12-3-5-13(19)6-4-12/h3-9H,2,10-11H2,1H3,(H,20,23)(H,21,22). The number of carbonyl (C=O) groups is 1. The summed E-state index contributed by atoms with van der Waals surface area (Å²) in [5.74, 6) is 0.638. The average Bonchev–Trinajstić information content (AvgIpc) is 3.02. The van der Waals surface area contributed by atoms with Crippen LogP contribution in [0.5, 0.6) is 5.75 Å². The topological polar surface area (TPSA) is 67.0 Å². The second kappa shape index (κ2) is 8.02. The third-order valence-corrected chi connectivity index (χ3v) is 4.36. The summed E-state index contributed by atoms with van der Waals surface area (Å²) in [6, 6.07) is 11.7. The Hall–Kier alpha value is -2.54. The summed E-state index contributed by atoms with van der Waals surface area (Å²) in [5, 5.41) is 3.49. The lowest BCUT2D eigenvalue weighted by Gasteiger charge is -2.04. The smallest absolute Gasteiger partial charge is 0.230 e. The summed E-state index contributed by atoms with van der Waals surface area (Å²) in [6.07, 6.45) is 0. The van der Waals surface area contributed by atoms with Crippen LogP contribution in [0, 0.1) is 5.82 Å². The van der Waals surface area contributed by atoms with Gasteiger partial charge in [-0.2, -0.15) is 0 Å². The largest absolute Gasteiger partial charge is 0.494 e. The van der Waals surface area contributed by atoms with E-state index < -0.39 is 0 Å². The number of aromatic amines is 1. The first-order chi connectivity index (χ1) is 12.1. The van der Waals surface area contributed by atoms with Crippen LogP contribution in [0.2, 0.25) is 0 Å². The van der Waals surface area contributed by atoms with Crippen molar-refractivity contribution < 1.29 is 13.9 Å². The van der Waals surface area contributed by atoms with Crippen LogP contribution in [0.25, 0.3) is 11.0 Å². The number of aromatic nitrogens is 2. The lowest BCUT2D eigenvalue weighted by atomic mass is 10.2. The Morgan fingerprint density at radius 1 is 1.28 bits per heavy atom. The van der Waals surface area contributed by atoms with Crippen LogP contribution in [0.4, 0.5) is 4.39 Å². The van der Waals surface area contributed by atoms with Gasteiger partial charge in [0.2, 0.25) is 5.91 Å². The third-order valence-electron chi connectivity index (χ3n) is 3.49. The molecule has 0 spiro atoms. The fourth-order valence-corrected chi connectivity index (χ4v) is 2.99. The molecule has 5 nitrogen and oxygen atoms in total. The molecule has 0 aliphatic heterocycles. The minimum Gasteiger partial charge on any atom is -0.494 e. The summed E-state index contributed by atoms with van der Waals surface area (Å²) in [4.78, 5) is 19.6. The number of ether oxygens (including phenoxy) is 1. The number of hydrogen-bond acceptors (Lipinski definition) is 4. The van der Waals surface area contributed by atoms with E-state index in [9.17, 15) is 9.18 Å². The normalized spacial score (nSPS) is 10.8. The number of carbonyl (C=O) groups excluding carboxylic acids is 1. The van der Waals surface area contributed by atoms with Crippen molar-refractivity contribution in [1.29, 1.82) is 0 Å². The minimum absolute atomic E-state index is 0.107. The van der Waals surface area contributed by atoms with E-state index in [1.807, 2.05) is 25.1 Å². The summed E-state index contributed by atoms with van der Waals surface area (Å²) in [5.41, 5.74) is 2.56. The summed E-state index contributed by atoms with van der Waals surface area (Å²) in [6.45, 7) is 2.91. The van der Waals surface area contributed by atoms with Crippen LogP contribution in [0.15, 0.2) is 47.6 Å². The van der Waals surface area contributed by atoms with Gasteiger partial charge in [-0.15, -0.1) is 0 Å². The zero-order valence-corrected chi connectivity index (χ0v) is 14.5. The number of hydrogen-bond donors (Lipinski definition) is 2. The molecule has 0 unspecified atom stereocenters. The molecular formula is C18H18FN3O2S. The van der Waals surface area contributed by atoms with Crippen LogP contribution >= 0.6 is 11.8 Å². The molecule has 0 fully saturated rings. The van der Waals surface area contributed by atoms with Gasteiger partial charge in [-0.3, -0.25) is 4.79 Å². The zero-order chi connectivity index (χ0) is 17.6. The molecule has 0 atom stereocenters. The first-order valence-electron chi connectivity index (χ1n) is 7.90. The van der Waals surface area contributed by atoms with E-state index in [-0.39, 0.29) is 17.5 Å². The van der Waals surface area contributed by atoms with Crippen LogP contribution in [0.1, 0.15) is 12.5 Å². The van der Waals surface area contributed by atoms with E-state index in [1.165, 1.54) is 23.9 Å². The van der Waals surface area contributed by atoms with E-state index >= 15 is 0 Å². The second-order valence-corrected chi connectivity index (χ2v) is 6.31. The number of nitrogens with zero attached hydrogens (tertiary/aromatic N) is 1. The van der Waals surface area contributed by atoms with Crippen molar-refractivity contribution in [3.8, 4) is 5.75 Å². The van der Waals surface area contributed by atoms with Gasteiger partial charge in [0.15, 0.2) is 5.16 Å². The monoisotopic (exact) mass is 359 g/mol. The number of nitrogens with one attached hydrogen (secondary N) is 2. The molecular weight excluding hydrogens is 341 g/mol. The van der Waals surface area contributed by atoms with Crippen molar-refractivity contribution >= 4 is 28.7 Å². The van der Waals surface area contributed by atoms with Crippen molar-refractivity contribution in [2.45, 2.75) is 18.6 Å². The zero-order valence-electron chi connectivity index (χ0n) is 13.7. The van der Waals surface area contributed by atoms with Gasteiger partial charge in [0.1, 0.15) is 11.6 Å². The first-order valence-corrected chi connectivity index (χ1v) is 8.89. The fourth-order valence-electron chi connectivity index (χ4n) is 2.28. The maximum Gasteiger partial charge on any atom is 0.230 e. The number of halogens is 1. The molecule has 0 bridgehead atoms. The Morgan fingerprint density at radius 3 is 2.84 bits per heavy atom. The number of imidazole rings is 1. The number of rotatable bonds is 7. The van der Waals surface area contributed by atoms with Crippen molar-refractivity contribution in [3.05, 3.63) is 53.8 Å². The Labute approximate surface area is 149 Å². The van der Waals surface area contributed by atoms with E-state index in [0.29, 0.717) is 18.3 Å². The molecule has 0 radical (unpaired) electrons. The molecule has 1 aromatic heterocycles. The number of thioether (sulfide) groups is 1. The molecule has 1 heterocycles. The summed E-state index contributed by atoms with van der Waals surface area (Å²) >= 11 is 1.33. The Kier molecular flexibility index (Phi) is 5.55. The van der Waals surface area contributed by atoms with Crippen molar-refractivity contribution in [3.63, 3.8) is 0 Å². The molecule has 2 N–H and O–H groups in total. The molecule has 25 heavy (non-hydrogen) atoms. The van der Waals surface area contributed by atoms with Gasteiger partial charge in [0.05, 0.1) is 23.4 Å². The van der Waals surface area contributed by atoms with E-state index in [2.05, 4.69) is 15.3 Å². The highest BCUT2D eigenvalue weighted by atomic mass is 32.2. The van der Waals surface area contributed by atoms with Gasteiger partial charge >= 0.3 is 0 Å². The third kappa shape index (κ3) is 4.73. The van der Waals surface area contributed by atoms with Crippen molar-refractivity contribution in [1.82, 2.24) is 15.3 Å². The van der Waals surface area contributed by atoms with Crippen LogP contribution in [-0.4, -0.2) is 28.2 Å². The summed E-state index contributed by atoms with van der Waals surface area (Å²) < 4.78 is 18.3. The van der Waals surface area contributed by atoms with Gasteiger partial charge in [-0.05, 0) is 36.8 Å². The van der Waals surface area contributed by atoms with E-state index in [4.69, 9.17) is 4.74 Å². The number of benzene rings is 2. The second-order valence-electron chi connectivity index (χ2n) is 5.35. The molecule has 0 saturated carbocycles. The molecule has 1 amide bonds. The maximum atomic E-state index is 12.8. The molecule has 7 heteroatoms. The highest BCUT2D eigenvalue weighted by Crippen LogP contribution is 2.23. The maximum absolute atomic E-state index is 12.8. The van der Waals surface area contributed by atoms with Gasteiger partial charge < -0.3 is 15.0 Å². The molecule has 130 valence electrons. The van der Waals surface area contributed by atoms with Gasteiger partial charge in [0, 0.05) is 12.6 Å². The Morgan fingerprint density at radius 2 is 2.08 bits per heavy atom. The highest BCUT2D eigenvalue weighted by molar-refractivity contribution is 7.99. The predicted molar refractivity (Wildman–Crippen MR) is 96.2 cm³/mol. The lowest BCUT2D eigenvalue weighted by molar-refractivity contribution is -0.118. The SMILES string of the molecule is CCOc1ccc2nc(SCC(=O)NCc3ccc(F)cc3)[nH]c2c1. The molecule has 0 saturated heterocycles.